The molecule has 0 bridgehead atoms. The lowest BCUT2D eigenvalue weighted by Gasteiger charge is -2.05. The van der Waals surface area contributed by atoms with Gasteiger partial charge in [0.25, 0.3) is 0 Å². The largest absolute Gasteiger partial charge is 0.490 e. The maximum Gasteiger partial charge on any atom is 0.312 e. The molecule has 1 aromatic rings. The van der Waals surface area contributed by atoms with E-state index < -0.39 is 4.92 Å². The number of nitro groups is 1. The van der Waals surface area contributed by atoms with Crippen LogP contribution in [0.3, 0.4) is 0 Å². The number of benzene rings is 1. The number of thiocarbonyl (C=S) groups is 1. The van der Waals surface area contributed by atoms with Gasteiger partial charge in [0.2, 0.25) is 0 Å². The van der Waals surface area contributed by atoms with Crippen LogP contribution in [0.25, 0.3) is 0 Å². The number of methoxy groups -OCH3 is 1. The summed E-state index contributed by atoms with van der Waals surface area (Å²) in [5.74, 6) is 0.188. The Kier molecular flexibility index (Phi) is 3.40. The average Bonchev–Trinajstić information content (AvgIpc) is 2.16. The fourth-order valence-corrected chi connectivity index (χ4v) is 1.17. The normalized spacial score (nSPS) is 9.40. The second-order valence-corrected chi connectivity index (χ2v) is 3.07. The van der Waals surface area contributed by atoms with E-state index in [-0.39, 0.29) is 16.5 Å². The van der Waals surface area contributed by atoms with Gasteiger partial charge in [-0.15, -0.1) is 0 Å². The Labute approximate surface area is 91.2 Å². The molecule has 0 amide bonds. The maximum atomic E-state index is 10.7. The standard InChI is InChI=1S/C8H9N3O3S/c1-14-7-3-2-5(10-8(9)15)4-6(7)11(12)13/h2-4H,1H3,(H3,9,10,15). The summed E-state index contributed by atoms with van der Waals surface area (Å²) in [5, 5.41) is 13.3. The summed E-state index contributed by atoms with van der Waals surface area (Å²) >= 11 is 4.61. The van der Waals surface area contributed by atoms with Crippen LogP contribution in [0.1, 0.15) is 0 Å². The van der Waals surface area contributed by atoms with E-state index in [0.717, 1.165) is 0 Å². The monoisotopic (exact) mass is 227 g/mol. The van der Waals surface area contributed by atoms with Crippen molar-refractivity contribution in [2.45, 2.75) is 0 Å². The average molecular weight is 227 g/mol. The molecule has 0 saturated carbocycles. The van der Waals surface area contributed by atoms with Gasteiger partial charge in [-0.05, 0) is 24.4 Å². The van der Waals surface area contributed by atoms with Crippen LogP contribution in [0, 0.1) is 10.1 Å². The fourth-order valence-electron chi connectivity index (χ4n) is 1.05. The summed E-state index contributed by atoms with van der Waals surface area (Å²) in [6.07, 6.45) is 0. The number of rotatable bonds is 3. The molecule has 0 fully saturated rings. The zero-order valence-corrected chi connectivity index (χ0v) is 8.71. The van der Waals surface area contributed by atoms with Gasteiger partial charge in [0.1, 0.15) is 0 Å². The molecule has 3 N–H and O–H groups in total. The van der Waals surface area contributed by atoms with E-state index >= 15 is 0 Å². The minimum absolute atomic E-state index is 0.0504. The SMILES string of the molecule is COc1ccc(NC(N)=S)cc1[N+](=O)[O-]. The molecule has 15 heavy (non-hydrogen) atoms. The van der Waals surface area contributed by atoms with Crippen LogP contribution in [0.5, 0.6) is 5.75 Å². The van der Waals surface area contributed by atoms with Gasteiger partial charge in [0, 0.05) is 11.8 Å². The summed E-state index contributed by atoms with van der Waals surface area (Å²) in [5.41, 5.74) is 5.55. The molecule has 0 aliphatic carbocycles. The van der Waals surface area contributed by atoms with E-state index in [1.807, 2.05) is 0 Å². The Balaban J connectivity index is 3.10. The minimum atomic E-state index is -0.538. The van der Waals surface area contributed by atoms with Crippen LogP contribution < -0.4 is 15.8 Å². The number of ether oxygens (including phenoxy) is 1. The van der Waals surface area contributed by atoms with Crippen molar-refractivity contribution in [1.82, 2.24) is 0 Å². The van der Waals surface area contributed by atoms with Gasteiger partial charge >= 0.3 is 5.69 Å². The molecular formula is C8H9N3O3S. The van der Waals surface area contributed by atoms with Crippen LogP contribution in [-0.4, -0.2) is 17.1 Å². The zero-order chi connectivity index (χ0) is 11.4. The van der Waals surface area contributed by atoms with Crippen molar-refractivity contribution in [3.63, 3.8) is 0 Å². The van der Waals surface area contributed by atoms with Gasteiger partial charge in [-0.25, -0.2) is 0 Å². The van der Waals surface area contributed by atoms with Gasteiger partial charge in [0.05, 0.1) is 12.0 Å². The first-order valence-electron chi connectivity index (χ1n) is 3.93. The summed E-state index contributed by atoms with van der Waals surface area (Å²) in [6.45, 7) is 0. The Bertz CT molecular complexity index is 408. The third-order valence-electron chi connectivity index (χ3n) is 1.64. The summed E-state index contributed by atoms with van der Waals surface area (Å²) in [4.78, 5) is 10.1. The van der Waals surface area contributed by atoms with Gasteiger partial charge in [-0.2, -0.15) is 0 Å². The second-order valence-electron chi connectivity index (χ2n) is 2.63. The van der Waals surface area contributed by atoms with Crippen LogP contribution in [0.2, 0.25) is 0 Å². The highest BCUT2D eigenvalue weighted by molar-refractivity contribution is 7.80. The first-order valence-corrected chi connectivity index (χ1v) is 4.34. The lowest BCUT2D eigenvalue weighted by Crippen LogP contribution is -2.18. The summed E-state index contributed by atoms with van der Waals surface area (Å²) in [6, 6.07) is 4.36. The maximum absolute atomic E-state index is 10.7. The lowest BCUT2D eigenvalue weighted by atomic mass is 10.2. The molecule has 80 valence electrons. The molecule has 1 rings (SSSR count). The molecule has 6 nitrogen and oxygen atoms in total. The van der Waals surface area contributed by atoms with Crippen molar-refractivity contribution < 1.29 is 9.66 Å². The number of nitrogens with one attached hydrogen (secondary N) is 1. The molecule has 0 atom stereocenters. The Morgan fingerprint density at radius 1 is 1.67 bits per heavy atom. The van der Waals surface area contributed by atoms with Crippen molar-refractivity contribution in [3.05, 3.63) is 28.3 Å². The molecule has 0 radical (unpaired) electrons. The van der Waals surface area contributed by atoms with Crippen molar-refractivity contribution in [3.8, 4) is 5.75 Å². The molecule has 0 aliphatic rings. The highest BCUT2D eigenvalue weighted by Crippen LogP contribution is 2.29. The van der Waals surface area contributed by atoms with Crippen LogP contribution in [-0.2, 0) is 0 Å². The number of nitro benzene ring substituents is 1. The van der Waals surface area contributed by atoms with E-state index in [4.69, 9.17) is 10.5 Å². The Hall–Kier alpha value is -1.89. The summed E-state index contributed by atoms with van der Waals surface area (Å²) in [7, 11) is 1.36. The summed E-state index contributed by atoms with van der Waals surface area (Å²) < 4.78 is 4.83. The predicted molar refractivity (Wildman–Crippen MR) is 60.1 cm³/mol. The van der Waals surface area contributed by atoms with E-state index in [1.165, 1.54) is 19.2 Å². The first kappa shape index (κ1) is 11.2. The smallest absolute Gasteiger partial charge is 0.312 e. The number of nitrogens with zero attached hydrogens (tertiary/aromatic N) is 1. The van der Waals surface area contributed by atoms with Crippen molar-refractivity contribution in [2.75, 3.05) is 12.4 Å². The van der Waals surface area contributed by atoms with Gasteiger partial charge in [-0.1, -0.05) is 0 Å². The van der Waals surface area contributed by atoms with E-state index in [1.54, 1.807) is 6.07 Å². The number of nitrogens with two attached hydrogens (primary N) is 1. The first-order chi connectivity index (χ1) is 7.04. The van der Waals surface area contributed by atoms with Crippen LogP contribution >= 0.6 is 12.2 Å². The molecule has 0 spiro atoms. The third-order valence-corrected chi connectivity index (χ3v) is 1.75. The number of anilines is 1. The molecule has 7 heteroatoms. The number of hydrogen-bond donors (Lipinski definition) is 2. The van der Waals surface area contributed by atoms with Crippen LogP contribution in [0.4, 0.5) is 11.4 Å². The number of hydrogen-bond acceptors (Lipinski definition) is 4. The topological polar surface area (TPSA) is 90.4 Å². The molecule has 0 aromatic heterocycles. The predicted octanol–water partition coefficient (Wildman–Crippen LogP) is 1.26. The second kappa shape index (κ2) is 4.56. The van der Waals surface area contributed by atoms with Gasteiger partial charge in [0.15, 0.2) is 10.9 Å². The molecule has 1 aromatic carbocycles. The van der Waals surface area contributed by atoms with E-state index in [9.17, 15) is 10.1 Å². The Morgan fingerprint density at radius 3 is 2.80 bits per heavy atom. The Morgan fingerprint density at radius 2 is 2.33 bits per heavy atom. The van der Waals surface area contributed by atoms with Crippen molar-refractivity contribution in [1.29, 1.82) is 0 Å². The fraction of sp³-hybridized carbons (Fsp3) is 0.125. The van der Waals surface area contributed by atoms with Crippen molar-refractivity contribution >= 4 is 28.7 Å². The van der Waals surface area contributed by atoms with Crippen molar-refractivity contribution in [2.24, 2.45) is 5.73 Å². The third kappa shape index (κ3) is 2.78. The van der Waals surface area contributed by atoms with Gasteiger partial charge < -0.3 is 15.8 Å². The quantitative estimate of drug-likeness (QED) is 0.459. The molecule has 0 heterocycles. The van der Waals surface area contributed by atoms with E-state index in [0.29, 0.717) is 5.69 Å². The molecule has 0 saturated heterocycles. The highest BCUT2D eigenvalue weighted by atomic mass is 32.1. The molecular weight excluding hydrogens is 218 g/mol. The van der Waals surface area contributed by atoms with E-state index in [2.05, 4.69) is 17.5 Å². The molecule has 0 aliphatic heterocycles. The molecule has 0 unspecified atom stereocenters. The van der Waals surface area contributed by atoms with Crippen LogP contribution in [0.15, 0.2) is 18.2 Å². The zero-order valence-electron chi connectivity index (χ0n) is 7.89. The van der Waals surface area contributed by atoms with Gasteiger partial charge in [-0.3, -0.25) is 10.1 Å². The minimum Gasteiger partial charge on any atom is -0.490 e. The highest BCUT2D eigenvalue weighted by Gasteiger charge is 2.14. The lowest BCUT2D eigenvalue weighted by molar-refractivity contribution is -0.385.